The summed E-state index contributed by atoms with van der Waals surface area (Å²) in [5.74, 6) is 1.82. The van der Waals surface area contributed by atoms with Crippen LogP contribution in [0, 0.1) is 6.92 Å². The summed E-state index contributed by atoms with van der Waals surface area (Å²) in [6, 6.07) is 34.9. The highest BCUT2D eigenvalue weighted by Gasteiger charge is 2.25. The van der Waals surface area contributed by atoms with Gasteiger partial charge >= 0.3 is 0 Å². The monoisotopic (exact) mass is 614 g/mol. The van der Waals surface area contributed by atoms with Crippen LogP contribution in [0.25, 0.3) is 38.9 Å². The zero-order valence-corrected chi connectivity index (χ0v) is 27.1. The molecule has 0 radical (unpaired) electrons. The van der Waals surface area contributed by atoms with Crippen molar-refractivity contribution >= 4 is 46.0 Å². The van der Waals surface area contributed by atoms with E-state index >= 15 is 0 Å². The lowest BCUT2D eigenvalue weighted by atomic mass is 10.0. The van der Waals surface area contributed by atoms with Crippen molar-refractivity contribution in [2.75, 3.05) is 0 Å². The Labute approximate surface area is 276 Å². The average molecular weight is 615 g/mol. The van der Waals surface area contributed by atoms with Crippen LogP contribution in [0.1, 0.15) is 41.7 Å². The summed E-state index contributed by atoms with van der Waals surface area (Å²) in [6.45, 7) is 14.5. The molecule has 0 fully saturated rings. The first kappa shape index (κ1) is 31.2. The second kappa shape index (κ2) is 14.1. The Bertz CT molecular complexity index is 2190. The van der Waals surface area contributed by atoms with Crippen LogP contribution < -0.4 is 0 Å². The molecule has 0 N–H and O–H groups in total. The van der Waals surface area contributed by atoms with Crippen molar-refractivity contribution < 1.29 is 4.42 Å². The Morgan fingerprint density at radius 1 is 0.851 bits per heavy atom. The van der Waals surface area contributed by atoms with Crippen LogP contribution in [-0.4, -0.2) is 23.1 Å². The first-order chi connectivity index (χ1) is 23.1. The summed E-state index contributed by atoms with van der Waals surface area (Å²) >= 11 is 0. The third-order valence-corrected chi connectivity index (χ3v) is 8.32. The highest BCUT2D eigenvalue weighted by Crippen LogP contribution is 2.40. The van der Waals surface area contributed by atoms with Gasteiger partial charge in [-0.3, -0.25) is 4.57 Å². The van der Waals surface area contributed by atoms with E-state index in [9.17, 15) is 0 Å². The molecule has 0 saturated heterocycles. The Hall–Kier alpha value is -5.81. The molecule has 0 amide bonds. The topological polar surface area (TPSA) is 55.1 Å². The molecule has 0 aliphatic rings. The molecular formula is C42H38N4O. The highest BCUT2D eigenvalue weighted by molar-refractivity contribution is 6.11. The van der Waals surface area contributed by atoms with Crippen LogP contribution in [0.2, 0.25) is 0 Å². The third-order valence-electron chi connectivity index (χ3n) is 8.32. The molecule has 0 aliphatic heterocycles. The van der Waals surface area contributed by atoms with Gasteiger partial charge in [-0.15, -0.1) is 0 Å². The molecule has 5 nitrogen and oxygen atoms in total. The van der Waals surface area contributed by atoms with Gasteiger partial charge in [-0.25, -0.2) is 9.98 Å². The molecule has 6 rings (SSSR count). The Balaban J connectivity index is 1.57. The number of fused-ring (bicyclic) bond motifs is 2. The predicted octanol–water partition coefficient (Wildman–Crippen LogP) is 10.6. The molecular weight excluding hydrogens is 576 g/mol. The number of para-hydroxylation sites is 2. The summed E-state index contributed by atoms with van der Waals surface area (Å²) in [6.07, 6.45) is 8.75. The van der Waals surface area contributed by atoms with E-state index in [0.29, 0.717) is 18.3 Å². The molecule has 2 aromatic heterocycles. The zero-order chi connectivity index (χ0) is 32.8. The fourth-order valence-corrected chi connectivity index (χ4v) is 6.07. The summed E-state index contributed by atoms with van der Waals surface area (Å²) < 4.78 is 8.78. The third kappa shape index (κ3) is 6.21. The molecule has 0 saturated carbocycles. The van der Waals surface area contributed by atoms with E-state index < -0.39 is 0 Å². The van der Waals surface area contributed by atoms with Crippen LogP contribution in [-0.2, 0) is 13.0 Å². The number of hydrogen-bond donors (Lipinski definition) is 0. The van der Waals surface area contributed by atoms with E-state index in [0.717, 1.165) is 73.1 Å². The molecule has 2 heterocycles. The fraction of sp³-hybridized carbons (Fsp3) is 0.119. The predicted molar refractivity (Wildman–Crippen MR) is 200 cm³/mol. The first-order valence-electron chi connectivity index (χ1n) is 15.9. The largest absolute Gasteiger partial charge is 0.454 e. The lowest BCUT2D eigenvalue weighted by Gasteiger charge is -2.13. The number of benzene rings is 4. The number of aryl methyl sites for hydroxylation is 2. The SMILES string of the molecule is C=C/C=C(\C=C/C)c1ccc(CN=C(/N=C(\N=C)c2ccccc2)n2c(-c3oc4ccccc4c3CC)c(C)c3ccccc32)cc1. The van der Waals surface area contributed by atoms with Gasteiger partial charge in [0.05, 0.1) is 17.8 Å². The van der Waals surface area contributed by atoms with Crippen molar-refractivity contribution in [3.05, 3.63) is 162 Å². The first-order valence-corrected chi connectivity index (χ1v) is 15.9. The maximum atomic E-state index is 6.65. The normalized spacial score (nSPS) is 12.8. The molecule has 0 spiro atoms. The molecule has 232 valence electrons. The van der Waals surface area contributed by atoms with Gasteiger partial charge in [0.2, 0.25) is 5.96 Å². The number of aromatic nitrogens is 1. The number of allylic oxidation sites excluding steroid dienone is 5. The van der Waals surface area contributed by atoms with Crippen molar-refractivity contribution in [3.63, 3.8) is 0 Å². The van der Waals surface area contributed by atoms with Crippen LogP contribution in [0.4, 0.5) is 0 Å². The maximum absolute atomic E-state index is 6.65. The van der Waals surface area contributed by atoms with Crippen LogP contribution >= 0.6 is 0 Å². The minimum atomic E-state index is 0.411. The Morgan fingerprint density at radius 3 is 2.26 bits per heavy atom. The molecule has 0 bridgehead atoms. The summed E-state index contributed by atoms with van der Waals surface area (Å²) in [5.41, 5.74) is 9.16. The van der Waals surface area contributed by atoms with Crippen molar-refractivity contribution in [2.45, 2.75) is 33.7 Å². The van der Waals surface area contributed by atoms with Gasteiger partial charge in [0, 0.05) is 21.9 Å². The minimum absolute atomic E-state index is 0.411. The second-order valence-corrected chi connectivity index (χ2v) is 11.2. The maximum Gasteiger partial charge on any atom is 0.232 e. The standard InChI is InChI=1S/C42H38N4O/c1-6-16-31(17-7-2)32-26-24-30(25-27-32)28-44-42(45-41(43-5)33-18-10-9-11-19-33)46-37-22-14-12-20-35(37)29(4)39(46)40-34(8-3)36-21-13-15-23-38(36)47-40/h6-7,9-27H,1,5,8,28H2,2-4H3/b17-7-,31-16+,44-42?,45-41-. The van der Waals surface area contributed by atoms with Crippen molar-refractivity contribution in [1.29, 1.82) is 0 Å². The van der Waals surface area contributed by atoms with E-state index in [1.807, 2.05) is 73.7 Å². The lowest BCUT2D eigenvalue weighted by Crippen LogP contribution is -2.15. The van der Waals surface area contributed by atoms with Gasteiger partial charge in [-0.1, -0.05) is 129 Å². The van der Waals surface area contributed by atoms with E-state index in [2.05, 4.69) is 97.4 Å². The molecule has 5 heteroatoms. The van der Waals surface area contributed by atoms with Gasteiger partial charge in [0.15, 0.2) is 11.6 Å². The van der Waals surface area contributed by atoms with E-state index in [1.54, 1.807) is 0 Å². The molecule has 6 aromatic rings. The van der Waals surface area contributed by atoms with Crippen molar-refractivity contribution in [3.8, 4) is 11.5 Å². The fourth-order valence-electron chi connectivity index (χ4n) is 6.07. The second-order valence-electron chi connectivity index (χ2n) is 11.2. The highest BCUT2D eigenvalue weighted by atomic mass is 16.3. The molecule has 0 aliphatic carbocycles. The summed E-state index contributed by atoms with van der Waals surface area (Å²) in [7, 11) is 0. The van der Waals surface area contributed by atoms with E-state index in [4.69, 9.17) is 14.4 Å². The molecule has 4 aromatic carbocycles. The van der Waals surface area contributed by atoms with Gasteiger partial charge in [0.1, 0.15) is 5.58 Å². The smallest absolute Gasteiger partial charge is 0.232 e. The van der Waals surface area contributed by atoms with Gasteiger partial charge in [-0.05, 0) is 61.4 Å². The number of hydrogen-bond acceptors (Lipinski definition) is 2. The van der Waals surface area contributed by atoms with Crippen LogP contribution in [0.5, 0.6) is 0 Å². The number of furan rings is 1. The molecule has 0 atom stereocenters. The molecule has 0 unspecified atom stereocenters. The van der Waals surface area contributed by atoms with E-state index in [-0.39, 0.29) is 0 Å². The zero-order valence-electron chi connectivity index (χ0n) is 27.1. The number of rotatable bonds is 8. The number of amidine groups is 1. The molecule has 47 heavy (non-hydrogen) atoms. The van der Waals surface area contributed by atoms with Crippen molar-refractivity contribution in [1.82, 2.24) is 4.57 Å². The van der Waals surface area contributed by atoms with Crippen molar-refractivity contribution in [2.24, 2.45) is 15.0 Å². The van der Waals surface area contributed by atoms with E-state index in [1.165, 1.54) is 0 Å². The lowest BCUT2D eigenvalue weighted by molar-refractivity contribution is 0.623. The number of nitrogens with zero attached hydrogens (tertiary/aromatic N) is 4. The summed E-state index contributed by atoms with van der Waals surface area (Å²) in [5, 5.41) is 2.22. The van der Waals surface area contributed by atoms with Gasteiger partial charge < -0.3 is 4.42 Å². The number of aliphatic imine (C=N–C) groups is 3. The van der Waals surface area contributed by atoms with Gasteiger partial charge in [0.25, 0.3) is 0 Å². The average Bonchev–Trinajstić information content (AvgIpc) is 3.63. The minimum Gasteiger partial charge on any atom is -0.454 e. The quantitative estimate of drug-likeness (QED) is 0.0956. The van der Waals surface area contributed by atoms with Crippen LogP contribution in [0.15, 0.2) is 153 Å². The summed E-state index contributed by atoms with van der Waals surface area (Å²) in [4.78, 5) is 14.7. The Morgan fingerprint density at radius 2 is 1.55 bits per heavy atom. The van der Waals surface area contributed by atoms with Crippen LogP contribution in [0.3, 0.4) is 0 Å². The Kier molecular flexibility index (Phi) is 9.35. The van der Waals surface area contributed by atoms with Gasteiger partial charge in [-0.2, -0.15) is 4.99 Å².